The van der Waals surface area contributed by atoms with Gasteiger partial charge in [0.2, 0.25) is 0 Å². The molecule has 0 spiro atoms. The summed E-state index contributed by atoms with van der Waals surface area (Å²) < 4.78 is 54.2. The Kier molecular flexibility index (Phi) is 4.31. The molecule has 0 bridgehead atoms. The zero-order chi connectivity index (χ0) is 14.9. The number of rotatable bonds is 4. The van der Waals surface area contributed by atoms with Crippen molar-refractivity contribution in [3.8, 4) is 0 Å². The lowest BCUT2D eigenvalue weighted by atomic mass is 9.94. The van der Waals surface area contributed by atoms with Gasteiger partial charge in [-0.05, 0) is 36.1 Å². The van der Waals surface area contributed by atoms with E-state index in [1.54, 1.807) is 0 Å². The highest BCUT2D eigenvalue weighted by atomic mass is 19.2. The Morgan fingerprint density at radius 2 is 1.00 bits per heavy atom. The van der Waals surface area contributed by atoms with E-state index in [9.17, 15) is 17.6 Å². The Labute approximate surface area is 115 Å². The van der Waals surface area contributed by atoms with E-state index in [0.29, 0.717) is 12.8 Å². The third kappa shape index (κ3) is 2.39. The van der Waals surface area contributed by atoms with E-state index in [0.717, 1.165) is 24.0 Å². The summed E-state index contributed by atoms with van der Waals surface area (Å²) in [7, 11) is 0. The van der Waals surface area contributed by atoms with Crippen molar-refractivity contribution < 1.29 is 17.6 Å². The number of hydrogen-bond donors (Lipinski definition) is 0. The van der Waals surface area contributed by atoms with Crippen LogP contribution in [0.1, 0.15) is 37.8 Å². The van der Waals surface area contributed by atoms with E-state index < -0.39 is 23.3 Å². The Hall–Kier alpha value is -1.58. The van der Waals surface area contributed by atoms with Gasteiger partial charge >= 0.3 is 0 Å². The molecular weight excluding hydrogens is 268 g/mol. The second-order valence-corrected chi connectivity index (χ2v) is 4.92. The van der Waals surface area contributed by atoms with Crippen molar-refractivity contribution in [2.24, 2.45) is 0 Å². The molecule has 20 heavy (non-hydrogen) atoms. The highest BCUT2D eigenvalue weighted by molar-refractivity contribution is 5.85. The fraction of sp³-hybridized carbons (Fsp3) is 0.375. The number of hydrogen-bond acceptors (Lipinski definition) is 0. The van der Waals surface area contributed by atoms with E-state index in [1.807, 2.05) is 13.8 Å². The lowest BCUT2D eigenvalue weighted by Crippen LogP contribution is -2.01. The van der Waals surface area contributed by atoms with Crippen LogP contribution in [0.2, 0.25) is 0 Å². The summed E-state index contributed by atoms with van der Waals surface area (Å²) in [6.07, 6.45) is 3.09. The summed E-state index contributed by atoms with van der Waals surface area (Å²) in [5, 5.41) is -0.380. The predicted molar refractivity (Wildman–Crippen MR) is 71.8 cm³/mol. The molecule has 0 amide bonds. The van der Waals surface area contributed by atoms with Gasteiger partial charge in [-0.3, -0.25) is 0 Å². The monoisotopic (exact) mass is 284 g/mol. The first-order chi connectivity index (χ1) is 9.51. The van der Waals surface area contributed by atoms with Crippen molar-refractivity contribution in [2.75, 3.05) is 0 Å². The fourth-order valence-corrected chi connectivity index (χ4v) is 2.49. The number of aryl methyl sites for hydroxylation is 2. The van der Waals surface area contributed by atoms with Gasteiger partial charge in [0.25, 0.3) is 0 Å². The zero-order valence-electron chi connectivity index (χ0n) is 11.5. The fourth-order valence-electron chi connectivity index (χ4n) is 2.49. The lowest BCUT2D eigenvalue weighted by Gasteiger charge is -2.12. The molecule has 0 aliphatic carbocycles. The average molecular weight is 284 g/mol. The van der Waals surface area contributed by atoms with E-state index in [4.69, 9.17) is 0 Å². The van der Waals surface area contributed by atoms with Crippen LogP contribution in [-0.2, 0) is 12.8 Å². The third-order valence-electron chi connectivity index (χ3n) is 3.43. The van der Waals surface area contributed by atoms with Crippen molar-refractivity contribution in [2.45, 2.75) is 39.5 Å². The van der Waals surface area contributed by atoms with Crippen LogP contribution in [-0.4, -0.2) is 0 Å². The maximum atomic E-state index is 13.8. The third-order valence-corrected chi connectivity index (χ3v) is 3.43. The molecule has 0 heterocycles. The minimum Gasteiger partial charge on any atom is -0.203 e. The Morgan fingerprint density at radius 3 is 1.30 bits per heavy atom. The highest BCUT2D eigenvalue weighted by Gasteiger charge is 2.21. The predicted octanol–water partition coefficient (Wildman–Crippen LogP) is 5.30. The Morgan fingerprint density at radius 1 is 0.650 bits per heavy atom. The summed E-state index contributed by atoms with van der Waals surface area (Å²) >= 11 is 0. The number of benzene rings is 2. The van der Waals surface area contributed by atoms with Crippen molar-refractivity contribution >= 4 is 10.8 Å². The molecule has 2 aromatic carbocycles. The average Bonchev–Trinajstić information content (AvgIpc) is 2.44. The van der Waals surface area contributed by atoms with Crippen LogP contribution in [0, 0.1) is 23.3 Å². The number of halogens is 4. The number of fused-ring (bicyclic) bond motifs is 1. The van der Waals surface area contributed by atoms with Gasteiger partial charge in [-0.2, -0.15) is 0 Å². The maximum absolute atomic E-state index is 13.8. The summed E-state index contributed by atoms with van der Waals surface area (Å²) in [6, 6.07) is 2.90. The molecule has 4 heteroatoms. The van der Waals surface area contributed by atoms with Crippen LogP contribution in [0.25, 0.3) is 10.8 Å². The van der Waals surface area contributed by atoms with Gasteiger partial charge in [0.05, 0.1) is 0 Å². The standard InChI is InChI=1S/C16H16F4/c1-3-5-9-7-11-12(8-10(9)6-4-2)14(18)16(20)15(19)13(11)17/h7-8H,3-6H2,1-2H3. The Balaban J connectivity index is 2.79. The molecule has 0 aliphatic heterocycles. The van der Waals surface area contributed by atoms with E-state index in [2.05, 4.69) is 0 Å². The summed E-state index contributed by atoms with van der Waals surface area (Å²) in [5.41, 5.74) is 1.73. The van der Waals surface area contributed by atoms with Crippen molar-refractivity contribution in [1.82, 2.24) is 0 Å². The van der Waals surface area contributed by atoms with Gasteiger partial charge in [0.1, 0.15) is 0 Å². The van der Waals surface area contributed by atoms with E-state index in [-0.39, 0.29) is 10.8 Å². The van der Waals surface area contributed by atoms with Crippen LogP contribution >= 0.6 is 0 Å². The van der Waals surface area contributed by atoms with Crippen LogP contribution in [0.5, 0.6) is 0 Å². The minimum absolute atomic E-state index is 0.190. The lowest BCUT2D eigenvalue weighted by molar-refractivity contribution is 0.418. The highest BCUT2D eigenvalue weighted by Crippen LogP contribution is 2.30. The molecule has 0 N–H and O–H groups in total. The molecule has 0 fully saturated rings. The van der Waals surface area contributed by atoms with Crippen LogP contribution in [0.4, 0.5) is 17.6 Å². The van der Waals surface area contributed by atoms with Gasteiger partial charge in [-0.1, -0.05) is 26.7 Å². The molecule has 0 unspecified atom stereocenters. The van der Waals surface area contributed by atoms with Crippen molar-refractivity contribution in [1.29, 1.82) is 0 Å². The second-order valence-electron chi connectivity index (χ2n) is 4.92. The van der Waals surface area contributed by atoms with E-state index >= 15 is 0 Å². The van der Waals surface area contributed by atoms with Crippen molar-refractivity contribution in [3.05, 3.63) is 46.5 Å². The van der Waals surface area contributed by atoms with Gasteiger partial charge < -0.3 is 0 Å². The summed E-state index contributed by atoms with van der Waals surface area (Å²) in [4.78, 5) is 0. The second kappa shape index (κ2) is 5.81. The van der Waals surface area contributed by atoms with Crippen LogP contribution < -0.4 is 0 Å². The first-order valence-corrected chi connectivity index (χ1v) is 6.78. The van der Waals surface area contributed by atoms with Crippen LogP contribution in [0.3, 0.4) is 0 Å². The molecule has 0 aromatic heterocycles. The molecule has 0 atom stereocenters. The largest absolute Gasteiger partial charge is 0.203 e. The summed E-state index contributed by atoms with van der Waals surface area (Å²) in [5.74, 6) is -6.14. The van der Waals surface area contributed by atoms with Gasteiger partial charge in [-0.25, -0.2) is 17.6 Å². The van der Waals surface area contributed by atoms with Crippen LogP contribution in [0.15, 0.2) is 12.1 Å². The van der Waals surface area contributed by atoms with E-state index in [1.165, 1.54) is 12.1 Å². The normalized spacial score (nSPS) is 11.3. The molecule has 0 nitrogen and oxygen atoms in total. The summed E-state index contributed by atoms with van der Waals surface area (Å²) in [6.45, 7) is 3.95. The minimum atomic E-state index is -1.75. The molecule has 0 aliphatic rings. The molecular formula is C16H16F4. The smallest absolute Gasteiger partial charge is 0.198 e. The quantitative estimate of drug-likeness (QED) is 0.406. The van der Waals surface area contributed by atoms with Crippen molar-refractivity contribution in [3.63, 3.8) is 0 Å². The zero-order valence-corrected chi connectivity index (χ0v) is 11.5. The van der Waals surface area contributed by atoms with Gasteiger partial charge in [-0.15, -0.1) is 0 Å². The molecule has 2 rings (SSSR count). The molecule has 0 saturated carbocycles. The molecule has 0 radical (unpaired) electrons. The van der Waals surface area contributed by atoms with Gasteiger partial charge in [0.15, 0.2) is 23.3 Å². The maximum Gasteiger partial charge on any atom is 0.198 e. The Bertz CT molecular complexity index is 590. The molecule has 108 valence electrons. The SMILES string of the molecule is CCCc1cc2c(F)c(F)c(F)c(F)c2cc1CCC. The molecule has 2 aromatic rings. The van der Waals surface area contributed by atoms with Gasteiger partial charge in [0, 0.05) is 10.8 Å². The topological polar surface area (TPSA) is 0 Å². The molecule has 0 saturated heterocycles. The first-order valence-electron chi connectivity index (χ1n) is 6.78. The first kappa shape index (κ1) is 14.8.